The minimum Gasteiger partial charge on any atom is -0.445 e. The van der Waals surface area contributed by atoms with Gasteiger partial charge in [-0.15, -0.1) is 0 Å². The van der Waals surface area contributed by atoms with Crippen molar-refractivity contribution in [3.8, 4) is 0 Å². The Kier molecular flexibility index (Phi) is 7.41. The molecule has 38 heavy (non-hydrogen) atoms. The van der Waals surface area contributed by atoms with Crippen LogP contribution < -0.4 is 11.1 Å². The van der Waals surface area contributed by atoms with Crippen molar-refractivity contribution in [3.63, 3.8) is 0 Å². The molecule has 8 atom stereocenters. The Morgan fingerprint density at radius 1 is 0.842 bits per heavy atom. The van der Waals surface area contributed by atoms with Gasteiger partial charge in [0, 0.05) is 31.7 Å². The average Bonchev–Trinajstić information content (AvgIpc) is 3.75. The highest BCUT2D eigenvalue weighted by atomic mass is 16.8. The summed E-state index contributed by atoms with van der Waals surface area (Å²) in [5.41, 5.74) is 6.83. The zero-order valence-electron chi connectivity index (χ0n) is 21.7. The monoisotopic (exact) mass is 532 g/mol. The van der Waals surface area contributed by atoms with Crippen molar-refractivity contribution in [2.45, 2.75) is 131 Å². The molecule has 210 valence electrons. The SMILES string of the molecule is N[C@@H]1C[C@H](O)[C@H]2OC3(CCCC3)O[C@H]21.O=C(N[C@@H]1C[C@H](O)[C@H]2OC3(CCCC3)O[C@H]21)OCc1ccccc1. The van der Waals surface area contributed by atoms with E-state index in [1.54, 1.807) is 0 Å². The number of carbonyl (C=O) groups excluding carboxylic acids is 1. The van der Waals surface area contributed by atoms with Gasteiger partial charge < -0.3 is 44.9 Å². The molecule has 4 saturated carbocycles. The van der Waals surface area contributed by atoms with Crippen molar-refractivity contribution in [3.05, 3.63) is 35.9 Å². The summed E-state index contributed by atoms with van der Waals surface area (Å²) in [6, 6.07) is 9.18. The summed E-state index contributed by atoms with van der Waals surface area (Å²) in [5.74, 6) is -0.945. The Bertz CT molecular complexity index is 949. The molecule has 10 nitrogen and oxygen atoms in total. The second kappa shape index (κ2) is 10.6. The Labute approximate surface area is 223 Å². The molecule has 1 amide bonds. The normalized spacial score (nSPS) is 39.7. The number of aliphatic hydroxyl groups is 2. The Balaban J connectivity index is 0.000000159. The lowest BCUT2D eigenvalue weighted by molar-refractivity contribution is -0.184. The van der Waals surface area contributed by atoms with Crippen LogP contribution in [-0.4, -0.2) is 76.6 Å². The summed E-state index contributed by atoms with van der Waals surface area (Å²) in [7, 11) is 0. The highest BCUT2D eigenvalue weighted by molar-refractivity contribution is 5.67. The van der Waals surface area contributed by atoms with Gasteiger partial charge >= 0.3 is 6.09 Å². The van der Waals surface area contributed by atoms with Crippen molar-refractivity contribution in [1.29, 1.82) is 0 Å². The second-order valence-electron chi connectivity index (χ2n) is 11.6. The molecule has 0 bridgehead atoms. The highest BCUT2D eigenvalue weighted by Gasteiger charge is 2.58. The minimum absolute atomic E-state index is 0.0602. The molecule has 0 radical (unpaired) electrons. The quantitative estimate of drug-likeness (QED) is 0.461. The standard InChI is InChI=1S/C18H23NO5.C10H17NO3/c20-14-10-13(15-16(14)24-18(23-15)8-4-5-9-18)19-17(21)22-11-12-6-2-1-3-7-12;11-6-5-7(12)9-8(6)13-10(14-9)3-1-2-4-10/h1-3,6-7,13-16,20H,4-5,8-11H2,(H,19,21);6-9,12H,1-5,11H2/t13-,14+,15+,16-;6-,7+,8+,9-/m11/s1. The van der Waals surface area contributed by atoms with Crippen LogP contribution in [0.4, 0.5) is 4.79 Å². The molecule has 6 aliphatic rings. The predicted molar refractivity (Wildman–Crippen MR) is 135 cm³/mol. The van der Waals surface area contributed by atoms with Gasteiger partial charge in [-0.2, -0.15) is 0 Å². The Morgan fingerprint density at radius 2 is 1.37 bits per heavy atom. The molecule has 4 aliphatic carbocycles. The predicted octanol–water partition coefficient (Wildman–Crippen LogP) is 2.23. The number of rotatable bonds is 3. The number of nitrogens with two attached hydrogens (primary N) is 1. The lowest BCUT2D eigenvalue weighted by atomic mass is 10.2. The summed E-state index contributed by atoms with van der Waals surface area (Å²) in [6.45, 7) is 0.220. The maximum absolute atomic E-state index is 12.1. The number of aliphatic hydroxyl groups excluding tert-OH is 2. The van der Waals surface area contributed by atoms with E-state index >= 15 is 0 Å². The lowest BCUT2D eigenvalue weighted by Gasteiger charge is -2.26. The molecular weight excluding hydrogens is 492 g/mol. The molecule has 2 aliphatic heterocycles. The molecular formula is C28H40N2O8. The fourth-order valence-corrected chi connectivity index (χ4v) is 6.98. The number of hydrogen-bond donors (Lipinski definition) is 4. The molecule has 10 heteroatoms. The number of hydrogen-bond acceptors (Lipinski definition) is 9. The van der Waals surface area contributed by atoms with Gasteiger partial charge in [0.1, 0.15) is 31.0 Å². The number of ether oxygens (including phenoxy) is 5. The van der Waals surface area contributed by atoms with Crippen LogP contribution in [0.3, 0.4) is 0 Å². The first-order chi connectivity index (χ1) is 18.4. The van der Waals surface area contributed by atoms with E-state index in [1.165, 1.54) is 0 Å². The smallest absolute Gasteiger partial charge is 0.407 e. The van der Waals surface area contributed by atoms with E-state index in [2.05, 4.69) is 5.32 Å². The summed E-state index contributed by atoms with van der Waals surface area (Å²) in [5, 5.41) is 22.8. The van der Waals surface area contributed by atoms with E-state index in [0.717, 1.165) is 56.9 Å². The van der Waals surface area contributed by atoms with Gasteiger partial charge in [-0.05, 0) is 44.1 Å². The topological polar surface area (TPSA) is 142 Å². The van der Waals surface area contributed by atoms with Gasteiger partial charge in [-0.3, -0.25) is 0 Å². The first kappa shape index (κ1) is 26.4. The summed E-state index contributed by atoms with van der Waals surface area (Å²) in [4.78, 5) is 12.1. The maximum Gasteiger partial charge on any atom is 0.407 e. The van der Waals surface area contributed by atoms with Crippen LogP contribution in [-0.2, 0) is 30.3 Å². The van der Waals surface area contributed by atoms with Gasteiger partial charge in [0.15, 0.2) is 11.6 Å². The Morgan fingerprint density at radius 3 is 1.97 bits per heavy atom. The number of carbonyl (C=O) groups is 1. The zero-order chi connectivity index (χ0) is 26.3. The van der Waals surface area contributed by atoms with E-state index in [1.807, 2.05) is 30.3 Å². The molecule has 0 unspecified atom stereocenters. The number of amides is 1. The lowest BCUT2D eigenvalue weighted by Crippen LogP contribution is -2.43. The molecule has 1 aromatic rings. The Hall–Kier alpha value is -1.79. The number of alkyl carbamates (subject to hydrolysis) is 1. The van der Waals surface area contributed by atoms with Gasteiger partial charge in [0.25, 0.3) is 0 Å². The van der Waals surface area contributed by atoms with E-state index in [0.29, 0.717) is 12.8 Å². The largest absolute Gasteiger partial charge is 0.445 e. The number of nitrogens with one attached hydrogen (secondary N) is 1. The first-order valence-electron chi connectivity index (χ1n) is 14.2. The number of fused-ring (bicyclic) bond motifs is 2. The van der Waals surface area contributed by atoms with Crippen LogP contribution in [0.1, 0.15) is 69.8 Å². The maximum atomic E-state index is 12.1. The molecule has 6 fully saturated rings. The summed E-state index contributed by atoms with van der Waals surface area (Å²) in [6.07, 6.45) is 6.66. The van der Waals surface area contributed by atoms with E-state index < -0.39 is 29.9 Å². The molecule has 0 aromatic heterocycles. The van der Waals surface area contributed by atoms with Gasteiger partial charge in [0.2, 0.25) is 0 Å². The van der Waals surface area contributed by atoms with Crippen LogP contribution >= 0.6 is 0 Å². The molecule has 2 heterocycles. The summed E-state index contributed by atoms with van der Waals surface area (Å²) < 4.78 is 29.2. The van der Waals surface area contributed by atoms with E-state index in [-0.39, 0.29) is 43.1 Å². The van der Waals surface area contributed by atoms with Crippen molar-refractivity contribution in [1.82, 2.24) is 5.32 Å². The van der Waals surface area contributed by atoms with Gasteiger partial charge in [0.05, 0.1) is 18.2 Å². The number of benzene rings is 1. The van der Waals surface area contributed by atoms with Crippen LogP contribution in [0.15, 0.2) is 30.3 Å². The van der Waals surface area contributed by atoms with Crippen molar-refractivity contribution < 1.29 is 38.7 Å². The molecule has 1 aromatic carbocycles. The van der Waals surface area contributed by atoms with Gasteiger partial charge in [-0.25, -0.2) is 4.79 Å². The average molecular weight is 533 g/mol. The van der Waals surface area contributed by atoms with Crippen LogP contribution in [0.5, 0.6) is 0 Å². The first-order valence-corrected chi connectivity index (χ1v) is 14.2. The zero-order valence-corrected chi connectivity index (χ0v) is 21.7. The molecule has 2 spiro atoms. The fraction of sp³-hybridized carbons (Fsp3) is 0.750. The summed E-state index contributed by atoms with van der Waals surface area (Å²) >= 11 is 0. The second-order valence-corrected chi connectivity index (χ2v) is 11.6. The third-order valence-electron chi connectivity index (χ3n) is 8.88. The molecule has 7 rings (SSSR count). The highest BCUT2D eigenvalue weighted by Crippen LogP contribution is 2.47. The van der Waals surface area contributed by atoms with Gasteiger partial charge in [-0.1, -0.05) is 30.3 Å². The van der Waals surface area contributed by atoms with Crippen LogP contribution in [0, 0.1) is 0 Å². The minimum atomic E-state index is -0.616. The molecule has 2 saturated heterocycles. The molecule has 5 N–H and O–H groups in total. The third-order valence-corrected chi connectivity index (χ3v) is 8.88. The van der Waals surface area contributed by atoms with Crippen molar-refractivity contribution >= 4 is 6.09 Å². The van der Waals surface area contributed by atoms with Crippen LogP contribution in [0.2, 0.25) is 0 Å². The fourth-order valence-electron chi connectivity index (χ4n) is 6.98. The third kappa shape index (κ3) is 5.20. The van der Waals surface area contributed by atoms with Crippen LogP contribution in [0.25, 0.3) is 0 Å². The van der Waals surface area contributed by atoms with E-state index in [4.69, 9.17) is 29.4 Å². The van der Waals surface area contributed by atoms with Crippen molar-refractivity contribution in [2.24, 2.45) is 5.73 Å². The van der Waals surface area contributed by atoms with E-state index in [9.17, 15) is 15.0 Å². The van der Waals surface area contributed by atoms with Crippen molar-refractivity contribution in [2.75, 3.05) is 0 Å².